The molecule has 0 saturated carbocycles. The Labute approximate surface area is 181 Å². The SMILES string of the molecule is CCNC(=NCc1ccccc1[N+](=O)[O-])N1CCN(c2ncccn2)CC1.I. The third kappa shape index (κ3) is 5.50. The molecule has 1 aliphatic heterocycles. The van der Waals surface area contributed by atoms with Gasteiger partial charge in [-0.1, -0.05) is 18.2 Å². The zero-order chi connectivity index (χ0) is 19.1. The van der Waals surface area contributed by atoms with Gasteiger partial charge in [0.2, 0.25) is 5.95 Å². The highest BCUT2D eigenvalue weighted by Crippen LogP contribution is 2.18. The van der Waals surface area contributed by atoms with E-state index in [0.29, 0.717) is 5.56 Å². The lowest BCUT2D eigenvalue weighted by Gasteiger charge is -2.36. The minimum atomic E-state index is -0.365. The van der Waals surface area contributed by atoms with Crippen molar-refractivity contribution in [3.05, 3.63) is 58.4 Å². The van der Waals surface area contributed by atoms with Crippen LogP contribution in [0.25, 0.3) is 0 Å². The summed E-state index contributed by atoms with van der Waals surface area (Å²) in [4.78, 5) is 28.3. The molecule has 28 heavy (non-hydrogen) atoms. The van der Waals surface area contributed by atoms with Crippen molar-refractivity contribution in [3.63, 3.8) is 0 Å². The summed E-state index contributed by atoms with van der Waals surface area (Å²) in [5, 5.41) is 14.5. The van der Waals surface area contributed by atoms with E-state index in [0.717, 1.165) is 44.6 Å². The molecule has 0 radical (unpaired) electrons. The second-order valence-electron chi connectivity index (χ2n) is 6.08. The van der Waals surface area contributed by atoms with Gasteiger partial charge < -0.3 is 15.1 Å². The molecule has 2 heterocycles. The molecule has 1 aromatic heterocycles. The average Bonchev–Trinajstić information content (AvgIpc) is 2.72. The number of nitro groups is 1. The smallest absolute Gasteiger partial charge is 0.274 e. The lowest BCUT2D eigenvalue weighted by atomic mass is 10.2. The van der Waals surface area contributed by atoms with Crippen molar-refractivity contribution < 1.29 is 4.92 Å². The number of para-hydroxylation sites is 1. The summed E-state index contributed by atoms with van der Waals surface area (Å²) < 4.78 is 0. The van der Waals surface area contributed by atoms with Gasteiger partial charge in [0.1, 0.15) is 0 Å². The summed E-state index contributed by atoms with van der Waals surface area (Å²) in [5.74, 6) is 1.50. The van der Waals surface area contributed by atoms with Gasteiger partial charge in [0.05, 0.1) is 17.0 Å². The number of nitro benzene ring substituents is 1. The molecule has 1 saturated heterocycles. The summed E-state index contributed by atoms with van der Waals surface area (Å²) in [6, 6.07) is 8.52. The average molecular weight is 497 g/mol. The standard InChI is InChI=1S/C18H23N7O2.HI/c1-2-19-17(22-14-15-6-3-4-7-16(15)25(26)27)23-10-12-24(13-11-23)18-20-8-5-9-21-18;/h3-9H,2,10-14H2,1H3,(H,19,22);1H. The number of anilines is 1. The van der Waals surface area contributed by atoms with Crippen molar-refractivity contribution in [2.45, 2.75) is 13.5 Å². The zero-order valence-electron chi connectivity index (χ0n) is 15.7. The van der Waals surface area contributed by atoms with Crippen molar-refractivity contribution in [2.24, 2.45) is 4.99 Å². The Morgan fingerprint density at radius 2 is 1.86 bits per heavy atom. The summed E-state index contributed by atoms with van der Waals surface area (Å²) in [6.07, 6.45) is 3.49. The van der Waals surface area contributed by atoms with E-state index in [-0.39, 0.29) is 41.1 Å². The van der Waals surface area contributed by atoms with Crippen LogP contribution in [-0.4, -0.2) is 58.5 Å². The number of aromatic nitrogens is 2. The summed E-state index contributed by atoms with van der Waals surface area (Å²) in [6.45, 7) is 6.15. The predicted octanol–water partition coefficient (Wildman–Crippen LogP) is 2.29. The first-order valence-corrected chi connectivity index (χ1v) is 8.96. The number of halogens is 1. The number of hydrogen-bond acceptors (Lipinski definition) is 6. The van der Waals surface area contributed by atoms with Gasteiger partial charge in [-0.05, 0) is 13.0 Å². The number of benzene rings is 1. The third-order valence-electron chi connectivity index (χ3n) is 4.34. The van der Waals surface area contributed by atoms with Crippen LogP contribution in [0.1, 0.15) is 12.5 Å². The van der Waals surface area contributed by atoms with Crippen molar-refractivity contribution in [1.29, 1.82) is 0 Å². The second kappa shape index (κ2) is 10.7. The van der Waals surface area contributed by atoms with Crippen LogP contribution in [0, 0.1) is 10.1 Å². The number of aliphatic imine (C=N–C) groups is 1. The van der Waals surface area contributed by atoms with E-state index in [1.165, 1.54) is 6.07 Å². The molecule has 0 atom stereocenters. The van der Waals surface area contributed by atoms with E-state index >= 15 is 0 Å². The van der Waals surface area contributed by atoms with Crippen molar-refractivity contribution in [2.75, 3.05) is 37.6 Å². The van der Waals surface area contributed by atoms with E-state index in [1.807, 2.05) is 6.92 Å². The number of hydrogen-bond donors (Lipinski definition) is 1. The molecule has 1 aromatic carbocycles. The van der Waals surface area contributed by atoms with E-state index in [2.05, 4.69) is 30.1 Å². The lowest BCUT2D eigenvalue weighted by molar-refractivity contribution is -0.385. The Balaban J connectivity index is 0.00000280. The number of rotatable bonds is 5. The first-order chi connectivity index (χ1) is 13.2. The maximum Gasteiger partial charge on any atom is 0.274 e. The van der Waals surface area contributed by atoms with Crippen LogP contribution in [0.15, 0.2) is 47.7 Å². The molecule has 1 fully saturated rings. The molecule has 150 valence electrons. The highest BCUT2D eigenvalue weighted by atomic mass is 127. The van der Waals surface area contributed by atoms with Crippen LogP contribution >= 0.6 is 24.0 Å². The lowest BCUT2D eigenvalue weighted by Crippen LogP contribution is -2.53. The third-order valence-corrected chi connectivity index (χ3v) is 4.34. The van der Waals surface area contributed by atoms with E-state index in [4.69, 9.17) is 0 Å². The minimum absolute atomic E-state index is 0. The van der Waals surface area contributed by atoms with Gasteiger partial charge >= 0.3 is 0 Å². The van der Waals surface area contributed by atoms with Crippen LogP contribution in [-0.2, 0) is 6.54 Å². The van der Waals surface area contributed by atoms with E-state index in [1.54, 1.807) is 36.7 Å². The van der Waals surface area contributed by atoms with Gasteiger partial charge in [0, 0.05) is 51.2 Å². The van der Waals surface area contributed by atoms with Crippen molar-refractivity contribution >= 4 is 41.6 Å². The number of piperazine rings is 1. The van der Waals surface area contributed by atoms with Crippen LogP contribution in [0.5, 0.6) is 0 Å². The molecule has 0 bridgehead atoms. The molecule has 9 nitrogen and oxygen atoms in total. The molecule has 3 rings (SSSR count). The van der Waals surface area contributed by atoms with Gasteiger partial charge in [-0.25, -0.2) is 15.0 Å². The van der Waals surface area contributed by atoms with Crippen LogP contribution in [0.2, 0.25) is 0 Å². The Bertz CT molecular complexity index is 796. The minimum Gasteiger partial charge on any atom is -0.357 e. The van der Waals surface area contributed by atoms with Crippen molar-refractivity contribution in [1.82, 2.24) is 20.2 Å². The van der Waals surface area contributed by atoms with Crippen molar-refractivity contribution in [3.8, 4) is 0 Å². The zero-order valence-corrected chi connectivity index (χ0v) is 18.0. The Morgan fingerprint density at radius 3 is 2.50 bits per heavy atom. The molecule has 2 aromatic rings. The van der Waals surface area contributed by atoms with Gasteiger partial charge in [-0.15, -0.1) is 24.0 Å². The number of nitrogens with one attached hydrogen (secondary N) is 1. The highest BCUT2D eigenvalue weighted by Gasteiger charge is 2.21. The highest BCUT2D eigenvalue weighted by molar-refractivity contribution is 14.0. The van der Waals surface area contributed by atoms with E-state index < -0.39 is 0 Å². The fourth-order valence-corrected chi connectivity index (χ4v) is 2.98. The summed E-state index contributed by atoms with van der Waals surface area (Å²) >= 11 is 0. The van der Waals surface area contributed by atoms with Gasteiger partial charge in [-0.3, -0.25) is 10.1 Å². The monoisotopic (exact) mass is 497 g/mol. The van der Waals surface area contributed by atoms with Crippen LogP contribution in [0.4, 0.5) is 11.6 Å². The van der Waals surface area contributed by atoms with Crippen LogP contribution in [0.3, 0.4) is 0 Å². The Hall–Kier alpha value is -2.50. The van der Waals surface area contributed by atoms with Gasteiger partial charge in [0.25, 0.3) is 5.69 Å². The van der Waals surface area contributed by atoms with Crippen LogP contribution < -0.4 is 10.2 Å². The maximum absolute atomic E-state index is 11.2. The molecular formula is C18H24IN7O2. The molecule has 10 heteroatoms. The maximum atomic E-state index is 11.2. The first kappa shape index (κ1) is 21.8. The summed E-state index contributed by atoms with van der Waals surface area (Å²) in [7, 11) is 0. The fraction of sp³-hybridized carbons (Fsp3) is 0.389. The number of nitrogens with zero attached hydrogens (tertiary/aromatic N) is 6. The normalized spacial score (nSPS) is 14.4. The molecule has 1 N–H and O–H groups in total. The van der Waals surface area contributed by atoms with Gasteiger partial charge in [0.15, 0.2) is 5.96 Å². The number of guanidine groups is 1. The molecule has 1 aliphatic rings. The topological polar surface area (TPSA) is 99.8 Å². The second-order valence-corrected chi connectivity index (χ2v) is 6.08. The predicted molar refractivity (Wildman–Crippen MR) is 119 cm³/mol. The molecule has 0 unspecified atom stereocenters. The first-order valence-electron chi connectivity index (χ1n) is 8.96. The van der Waals surface area contributed by atoms with E-state index in [9.17, 15) is 10.1 Å². The fourth-order valence-electron chi connectivity index (χ4n) is 2.98. The molecule has 0 amide bonds. The summed E-state index contributed by atoms with van der Waals surface area (Å²) in [5.41, 5.74) is 0.706. The Morgan fingerprint density at radius 1 is 1.18 bits per heavy atom. The molecule has 0 spiro atoms. The Kier molecular flexibility index (Phi) is 8.36. The quantitative estimate of drug-likeness (QED) is 0.223. The molecule has 0 aliphatic carbocycles. The van der Waals surface area contributed by atoms with Gasteiger partial charge in [-0.2, -0.15) is 0 Å². The largest absolute Gasteiger partial charge is 0.357 e. The molecular weight excluding hydrogens is 473 g/mol.